The van der Waals surface area contributed by atoms with E-state index in [9.17, 15) is 16.8 Å². The topological polar surface area (TPSA) is 74.8 Å². The highest BCUT2D eigenvalue weighted by atomic mass is 32.2. The summed E-state index contributed by atoms with van der Waals surface area (Å²) in [6.07, 6.45) is 0. The summed E-state index contributed by atoms with van der Waals surface area (Å²) in [5.74, 6) is -0.0640. The van der Waals surface area contributed by atoms with Crippen molar-refractivity contribution in [2.75, 3.05) is 26.2 Å². The van der Waals surface area contributed by atoms with Crippen molar-refractivity contribution >= 4 is 31.4 Å². The van der Waals surface area contributed by atoms with E-state index in [1.54, 1.807) is 41.8 Å². The Morgan fingerprint density at radius 3 is 2.04 bits per heavy atom. The Hall–Kier alpha value is -1.26. The molecule has 1 fully saturated rings. The van der Waals surface area contributed by atoms with Crippen LogP contribution < -0.4 is 0 Å². The zero-order valence-corrected chi connectivity index (χ0v) is 15.4. The van der Waals surface area contributed by atoms with Gasteiger partial charge in [-0.05, 0) is 17.0 Å². The monoisotopic (exact) mass is 386 g/mol. The van der Waals surface area contributed by atoms with E-state index in [0.29, 0.717) is 4.21 Å². The molecule has 0 unspecified atom stereocenters. The molecule has 0 saturated carbocycles. The highest BCUT2D eigenvalue weighted by Gasteiger charge is 2.33. The Bertz CT molecular complexity index is 870. The summed E-state index contributed by atoms with van der Waals surface area (Å²) in [4.78, 5) is 0. The molecule has 1 aliphatic heterocycles. The van der Waals surface area contributed by atoms with Crippen molar-refractivity contribution in [1.82, 2.24) is 8.61 Å². The van der Waals surface area contributed by atoms with Gasteiger partial charge >= 0.3 is 0 Å². The maximum atomic E-state index is 12.5. The fourth-order valence-corrected chi connectivity index (χ4v) is 6.68. The van der Waals surface area contributed by atoms with Crippen LogP contribution in [0.5, 0.6) is 0 Å². The highest BCUT2D eigenvalue weighted by molar-refractivity contribution is 7.91. The van der Waals surface area contributed by atoms with E-state index in [-0.39, 0.29) is 31.9 Å². The number of thiophene rings is 1. The first-order chi connectivity index (χ1) is 11.4. The predicted octanol–water partition coefficient (Wildman–Crippen LogP) is 1.58. The summed E-state index contributed by atoms with van der Waals surface area (Å²) in [7, 11) is -6.96. The molecular weight excluding hydrogens is 368 g/mol. The van der Waals surface area contributed by atoms with Gasteiger partial charge in [-0.15, -0.1) is 11.3 Å². The maximum absolute atomic E-state index is 12.5. The van der Waals surface area contributed by atoms with Crippen LogP contribution in [-0.4, -0.2) is 51.6 Å². The lowest BCUT2D eigenvalue weighted by atomic mass is 10.2. The molecule has 1 aromatic heterocycles. The van der Waals surface area contributed by atoms with Crippen molar-refractivity contribution in [3.63, 3.8) is 0 Å². The average Bonchev–Trinajstić information content (AvgIpc) is 3.11. The van der Waals surface area contributed by atoms with Crippen molar-refractivity contribution in [1.29, 1.82) is 0 Å². The molecule has 9 heteroatoms. The van der Waals surface area contributed by atoms with E-state index in [2.05, 4.69) is 0 Å². The fraction of sp³-hybridized carbons (Fsp3) is 0.333. The molecular formula is C15H18N2O4S3. The predicted molar refractivity (Wildman–Crippen MR) is 93.7 cm³/mol. The number of hydrogen-bond donors (Lipinski definition) is 0. The molecule has 1 aliphatic rings. The molecule has 130 valence electrons. The molecule has 1 aromatic carbocycles. The van der Waals surface area contributed by atoms with Crippen LogP contribution in [0.3, 0.4) is 0 Å². The molecule has 3 rings (SSSR count). The summed E-state index contributed by atoms with van der Waals surface area (Å²) in [5, 5.41) is 1.72. The van der Waals surface area contributed by atoms with Gasteiger partial charge in [0.25, 0.3) is 10.0 Å². The van der Waals surface area contributed by atoms with E-state index < -0.39 is 20.0 Å². The van der Waals surface area contributed by atoms with E-state index in [0.717, 1.165) is 5.56 Å². The van der Waals surface area contributed by atoms with Gasteiger partial charge in [-0.2, -0.15) is 8.61 Å². The smallest absolute Gasteiger partial charge is 0.212 e. The second-order valence-electron chi connectivity index (χ2n) is 5.48. The second kappa shape index (κ2) is 6.93. The normalized spacial score (nSPS) is 17.8. The van der Waals surface area contributed by atoms with Crippen LogP contribution in [0.1, 0.15) is 5.56 Å². The summed E-state index contributed by atoms with van der Waals surface area (Å²) >= 11 is 1.17. The lowest BCUT2D eigenvalue weighted by Gasteiger charge is -2.33. The van der Waals surface area contributed by atoms with Gasteiger partial charge in [0.1, 0.15) is 4.21 Å². The number of sulfonamides is 2. The average molecular weight is 387 g/mol. The van der Waals surface area contributed by atoms with Gasteiger partial charge < -0.3 is 0 Å². The van der Waals surface area contributed by atoms with Gasteiger partial charge in [0.15, 0.2) is 0 Å². The first-order valence-electron chi connectivity index (χ1n) is 7.45. The summed E-state index contributed by atoms with van der Waals surface area (Å²) < 4.78 is 53.0. The first kappa shape index (κ1) is 17.6. The van der Waals surface area contributed by atoms with E-state index in [4.69, 9.17) is 0 Å². The molecule has 1 saturated heterocycles. The van der Waals surface area contributed by atoms with E-state index in [1.165, 1.54) is 19.9 Å². The summed E-state index contributed by atoms with van der Waals surface area (Å²) in [6, 6.07) is 12.2. The number of benzene rings is 1. The minimum Gasteiger partial charge on any atom is -0.212 e. The second-order valence-corrected chi connectivity index (χ2v) is 10.6. The largest absolute Gasteiger partial charge is 0.252 e. The van der Waals surface area contributed by atoms with Crippen LogP contribution in [0.15, 0.2) is 52.1 Å². The molecule has 6 nitrogen and oxygen atoms in total. The fourth-order valence-electron chi connectivity index (χ4n) is 2.60. The van der Waals surface area contributed by atoms with E-state index in [1.807, 2.05) is 6.07 Å². The third-order valence-electron chi connectivity index (χ3n) is 3.87. The van der Waals surface area contributed by atoms with Gasteiger partial charge in [-0.3, -0.25) is 0 Å². The maximum Gasteiger partial charge on any atom is 0.252 e. The molecule has 0 bridgehead atoms. The van der Waals surface area contributed by atoms with Crippen molar-refractivity contribution in [2.24, 2.45) is 0 Å². The Morgan fingerprint density at radius 1 is 0.833 bits per heavy atom. The van der Waals surface area contributed by atoms with Crippen molar-refractivity contribution in [3.8, 4) is 0 Å². The van der Waals surface area contributed by atoms with Crippen LogP contribution in [-0.2, 0) is 25.8 Å². The van der Waals surface area contributed by atoms with Crippen LogP contribution in [0.2, 0.25) is 0 Å². The Labute approximate surface area is 146 Å². The SMILES string of the molecule is O=S(=O)(Cc1ccccc1)N1CCN(S(=O)(=O)c2cccs2)CC1. The highest BCUT2D eigenvalue weighted by Crippen LogP contribution is 2.23. The lowest BCUT2D eigenvalue weighted by molar-refractivity contribution is 0.273. The van der Waals surface area contributed by atoms with Crippen molar-refractivity contribution in [3.05, 3.63) is 53.4 Å². The minimum absolute atomic E-state index is 0.0640. The van der Waals surface area contributed by atoms with Gasteiger partial charge in [-0.1, -0.05) is 36.4 Å². The Morgan fingerprint density at radius 2 is 1.46 bits per heavy atom. The molecule has 0 aliphatic carbocycles. The molecule has 2 aromatic rings. The zero-order chi connectivity index (χ0) is 17.2. The minimum atomic E-state index is -3.52. The summed E-state index contributed by atoms with van der Waals surface area (Å²) in [5.41, 5.74) is 0.728. The number of rotatable bonds is 5. The summed E-state index contributed by atoms with van der Waals surface area (Å²) in [6.45, 7) is 0.710. The van der Waals surface area contributed by atoms with Gasteiger partial charge in [0.2, 0.25) is 10.0 Å². The molecule has 24 heavy (non-hydrogen) atoms. The van der Waals surface area contributed by atoms with Gasteiger partial charge in [0, 0.05) is 26.2 Å². The number of nitrogens with zero attached hydrogens (tertiary/aromatic N) is 2. The lowest BCUT2D eigenvalue weighted by Crippen LogP contribution is -2.50. The van der Waals surface area contributed by atoms with Crippen molar-refractivity contribution < 1.29 is 16.8 Å². The molecule has 0 atom stereocenters. The number of piperazine rings is 1. The molecule has 0 radical (unpaired) electrons. The molecule has 0 spiro atoms. The van der Waals surface area contributed by atoms with Crippen LogP contribution in [0.25, 0.3) is 0 Å². The molecule has 0 amide bonds. The Balaban J connectivity index is 1.67. The standard InChI is InChI=1S/C15H18N2O4S3/c18-23(19,13-14-5-2-1-3-6-14)16-8-10-17(11-9-16)24(20,21)15-7-4-12-22-15/h1-7,12H,8-11,13H2. The third kappa shape index (κ3) is 3.70. The molecule has 0 N–H and O–H groups in total. The van der Waals surface area contributed by atoms with Crippen LogP contribution in [0.4, 0.5) is 0 Å². The van der Waals surface area contributed by atoms with Gasteiger partial charge in [-0.25, -0.2) is 16.8 Å². The van der Waals surface area contributed by atoms with Crippen molar-refractivity contribution in [2.45, 2.75) is 9.96 Å². The quantitative estimate of drug-likeness (QED) is 0.782. The molecule has 2 heterocycles. The Kier molecular flexibility index (Phi) is 5.07. The zero-order valence-electron chi connectivity index (χ0n) is 12.9. The first-order valence-corrected chi connectivity index (χ1v) is 11.4. The third-order valence-corrected chi connectivity index (χ3v) is 8.99. The number of hydrogen-bond acceptors (Lipinski definition) is 5. The van der Waals surface area contributed by atoms with E-state index >= 15 is 0 Å². The van der Waals surface area contributed by atoms with Gasteiger partial charge in [0.05, 0.1) is 5.75 Å². The van der Waals surface area contributed by atoms with Crippen LogP contribution >= 0.6 is 11.3 Å². The van der Waals surface area contributed by atoms with Crippen LogP contribution in [0, 0.1) is 0 Å².